The van der Waals surface area contributed by atoms with Crippen LogP contribution >= 0.6 is 34.7 Å². The molecule has 6 heteroatoms. The van der Waals surface area contributed by atoms with Crippen LogP contribution in [0.1, 0.15) is 25.8 Å². The number of fused-ring (bicyclic) bond motifs is 1. The molecule has 3 nitrogen and oxygen atoms in total. The topological polar surface area (TPSA) is 25.4 Å². The summed E-state index contributed by atoms with van der Waals surface area (Å²) in [4.78, 5) is 7.14. The number of rotatable bonds is 10. The minimum Gasteiger partial charge on any atom is -0.493 e. The van der Waals surface area contributed by atoms with Gasteiger partial charge in [0.15, 0.2) is 4.34 Å². The molecule has 144 valence electrons. The summed E-state index contributed by atoms with van der Waals surface area (Å²) in [7, 11) is 0. The van der Waals surface area contributed by atoms with Crippen molar-refractivity contribution in [2.24, 2.45) is 0 Å². The second-order valence-corrected chi connectivity index (χ2v) is 8.94. The number of aromatic nitrogens is 1. The molecule has 2 aromatic carbocycles. The van der Waals surface area contributed by atoms with Gasteiger partial charge in [0, 0.05) is 17.3 Å². The third-order valence-electron chi connectivity index (χ3n) is 4.40. The second-order valence-electron chi connectivity index (χ2n) is 6.25. The molecule has 27 heavy (non-hydrogen) atoms. The Bertz CT molecular complexity index is 847. The Morgan fingerprint density at radius 3 is 2.63 bits per heavy atom. The lowest BCUT2D eigenvalue weighted by Crippen LogP contribution is -2.25. The van der Waals surface area contributed by atoms with E-state index in [1.54, 1.807) is 23.1 Å². The smallest absolute Gasteiger partial charge is 0.151 e. The molecular formula is C21H25ClN2OS2. The lowest BCUT2D eigenvalue weighted by Gasteiger charge is -2.17. The normalized spacial score (nSPS) is 11.4. The van der Waals surface area contributed by atoms with E-state index in [-0.39, 0.29) is 0 Å². The van der Waals surface area contributed by atoms with Crippen LogP contribution in [0.2, 0.25) is 5.02 Å². The number of benzene rings is 2. The Morgan fingerprint density at radius 2 is 1.89 bits per heavy atom. The van der Waals surface area contributed by atoms with Gasteiger partial charge in [0.2, 0.25) is 0 Å². The van der Waals surface area contributed by atoms with E-state index >= 15 is 0 Å². The maximum Gasteiger partial charge on any atom is 0.151 e. The molecule has 3 rings (SSSR count). The Morgan fingerprint density at radius 1 is 1.11 bits per heavy atom. The summed E-state index contributed by atoms with van der Waals surface area (Å²) in [5.74, 6) is 1.83. The van der Waals surface area contributed by atoms with Crippen LogP contribution in [0.5, 0.6) is 5.75 Å². The van der Waals surface area contributed by atoms with E-state index in [2.05, 4.69) is 43.0 Å². The first-order chi connectivity index (χ1) is 13.2. The molecule has 0 spiro atoms. The molecule has 0 aliphatic carbocycles. The van der Waals surface area contributed by atoms with E-state index in [0.29, 0.717) is 0 Å². The summed E-state index contributed by atoms with van der Waals surface area (Å²) in [6.45, 7) is 8.43. The molecular weight excluding hydrogens is 396 g/mol. The van der Waals surface area contributed by atoms with Gasteiger partial charge < -0.3 is 9.64 Å². The summed E-state index contributed by atoms with van der Waals surface area (Å²) < 4.78 is 8.19. The van der Waals surface area contributed by atoms with E-state index < -0.39 is 0 Å². The van der Waals surface area contributed by atoms with Gasteiger partial charge in [-0.25, -0.2) is 4.98 Å². The fourth-order valence-corrected chi connectivity index (χ4v) is 4.96. The molecule has 3 aromatic rings. The molecule has 1 heterocycles. The molecule has 0 aliphatic heterocycles. The van der Waals surface area contributed by atoms with Crippen LogP contribution in [0.25, 0.3) is 10.2 Å². The summed E-state index contributed by atoms with van der Waals surface area (Å²) in [6, 6.07) is 14.2. The SMILES string of the molecule is CCN(CC)CCCOc1ccc2nc(SCc3ccc(Cl)cc3)sc2c1. The van der Waals surface area contributed by atoms with Crippen molar-refractivity contribution < 1.29 is 4.74 Å². The fourth-order valence-electron chi connectivity index (χ4n) is 2.78. The number of ether oxygens (including phenoxy) is 1. The first-order valence-electron chi connectivity index (χ1n) is 9.31. The van der Waals surface area contributed by atoms with Gasteiger partial charge in [-0.05, 0) is 55.4 Å². The highest BCUT2D eigenvalue weighted by molar-refractivity contribution is 8.00. The van der Waals surface area contributed by atoms with Gasteiger partial charge in [-0.15, -0.1) is 11.3 Å². The highest BCUT2D eigenvalue weighted by atomic mass is 35.5. The van der Waals surface area contributed by atoms with E-state index in [4.69, 9.17) is 21.3 Å². The van der Waals surface area contributed by atoms with Crippen molar-refractivity contribution in [1.29, 1.82) is 0 Å². The van der Waals surface area contributed by atoms with Crippen LogP contribution in [-0.2, 0) is 5.75 Å². The van der Waals surface area contributed by atoms with Crippen molar-refractivity contribution in [3.63, 3.8) is 0 Å². The maximum atomic E-state index is 5.94. The zero-order valence-corrected chi connectivity index (χ0v) is 18.2. The van der Waals surface area contributed by atoms with Gasteiger partial charge >= 0.3 is 0 Å². The number of thioether (sulfide) groups is 1. The Balaban J connectivity index is 1.53. The average Bonchev–Trinajstić information content (AvgIpc) is 3.10. The van der Waals surface area contributed by atoms with Crippen LogP contribution in [0.3, 0.4) is 0 Å². The molecule has 0 saturated heterocycles. The Hall–Kier alpha value is -1.27. The molecule has 1 aromatic heterocycles. The molecule has 0 bridgehead atoms. The van der Waals surface area contributed by atoms with Gasteiger partial charge in [0.25, 0.3) is 0 Å². The summed E-state index contributed by atoms with van der Waals surface area (Å²) in [5.41, 5.74) is 2.29. The predicted octanol–water partition coefficient (Wildman–Crippen LogP) is 6.35. The molecule has 0 unspecified atom stereocenters. The average molecular weight is 421 g/mol. The summed E-state index contributed by atoms with van der Waals surface area (Å²) >= 11 is 9.42. The minimum atomic E-state index is 0.749. The molecule has 0 radical (unpaired) electrons. The van der Waals surface area contributed by atoms with Gasteiger partial charge in [0.1, 0.15) is 5.75 Å². The van der Waals surface area contributed by atoms with Crippen LogP contribution < -0.4 is 4.74 Å². The fraction of sp³-hybridized carbons (Fsp3) is 0.381. The van der Waals surface area contributed by atoms with Gasteiger partial charge in [-0.3, -0.25) is 0 Å². The maximum absolute atomic E-state index is 5.94. The third kappa shape index (κ3) is 6.11. The molecule has 0 amide bonds. The monoisotopic (exact) mass is 420 g/mol. The quantitative estimate of drug-likeness (QED) is 0.281. The van der Waals surface area contributed by atoms with Crippen molar-refractivity contribution >= 4 is 44.9 Å². The standard InChI is InChI=1S/C21H25ClN2OS2/c1-3-24(4-2)12-5-13-25-18-10-11-19-20(14-18)27-21(23-19)26-15-16-6-8-17(22)9-7-16/h6-11,14H,3-5,12-13,15H2,1-2H3. The lowest BCUT2D eigenvalue weighted by atomic mass is 10.2. The molecule has 0 aliphatic rings. The van der Waals surface area contributed by atoms with Crippen molar-refractivity contribution in [1.82, 2.24) is 9.88 Å². The van der Waals surface area contributed by atoms with Crippen molar-refractivity contribution in [2.45, 2.75) is 30.4 Å². The molecule has 0 N–H and O–H groups in total. The van der Waals surface area contributed by atoms with Crippen LogP contribution in [0.15, 0.2) is 46.8 Å². The van der Waals surface area contributed by atoms with Gasteiger partial charge in [-0.2, -0.15) is 0 Å². The first kappa shape index (κ1) is 20.5. The van der Waals surface area contributed by atoms with Crippen LogP contribution in [0, 0.1) is 0 Å². The van der Waals surface area contributed by atoms with E-state index in [1.165, 1.54) is 10.3 Å². The van der Waals surface area contributed by atoms with Crippen LogP contribution in [-0.4, -0.2) is 36.1 Å². The lowest BCUT2D eigenvalue weighted by molar-refractivity contribution is 0.249. The second kappa shape index (κ2) is 10.3. The third-order valence-corrected chi connectivity index (χ3v) is 6.88. The van der Waals surface area contributed by atoms with Crippen molar-refractivity contribution in [2.75, 3.05) is 26.2 Å². The summed E-state index contributed by atoms with van der Waals surface area (Å²) in [5, 5.41) is 0.772. The number of nitrogens with zero attached hydrogens (tertiary/aromatic N) is 2. The van der Waals surface area contributed by atoms with Crippen LogP contribution in [0.4, 0.5) is 0 Å². The van der Waals surface area contributed by atoms with E-state index in [1.807, 2.05) is 18.2 Å². The van der Waals surface area contributed by atoms with Gasteiger partial charge in [-0.1, -0.05) is 49.3 Å². The molecule has 0 saturated carbocycles. The number of halogens is 1. The van der Waals surface area contributed by atoms with E-state index in [9.17, 15) is 0 Å². The minimum absolute atomic E-state index is 0.749. The predicted molar refractivity (Wildman–Crippen MR) is 119 cm³/mol. The number of hydrogen-bond donors (Lipinski definition) is 0. The zero-order chi connectivity index (χ0) is 19.1. The Labute approximate surface area is 174 Å². The molecule has 0 atom stereocenters. The zero-order valence-electron chi connectivity index (χ0n) is 15.8. The number of thiazole rings is 1. The van der Waals surface area contributed by atoms with E-state index in [0.717, 1.165) is 59.0 Å². The van der Waals surface area contributed by atoms with Crippen molar-refractivity contribution in [3.05, 3.63) is 53.1 Å². The Kier molecular flexibility index (Phi) is 7.82. The van der Waals surface area contributed by atoms with Crippen molar-refractivity contribution in [3.8, 4) is 5.75 Å². The largest absolute Gasteiger partial charge is 0.493 e. The highest BCUT2D eigenvalue weighted by Crippen LogP contribution is 2.33. The first-order valence-corrected chi connectivity index (χ1v) is 11.5. The van der Waals surface area contributed by atoms with Gasteiger partial charge in [0.05, 0.1) is 16.8 Å². The molecule has 0 fully saturated rings. The number of hydrogen-bond acceptors (Lipinski definition) is 5. The summed E-state index contributed by atoms with van der Waals surface area (Å²) in [6.07, 6.45) is 1.05. The highest BCUT2D eigenvalue weighted by Gasteiger charge is 2.07.